The van der Waals surface area contributed by atoms with Crippen LogP contribution in [0.1, 0.15) is 0 Å². The first-order valence-electron chi connectivity index (χ1n) is 9.36. The van der Waals surface area contributed by atoms with Crippen molar-refractivity contribution in [1.29, 1.82) is 0 Å². The molecule has 154 valence electrons. The van der Waals surface area contributed by atoms with Crippen molar-refractivity contribution in [2.45, 2.75) is 0 Å². The first-order chi connectivity index (χ1) is 14.5. The minimum absolute atomic E-state index is 0.211. The Hall–Kier alpha value is -3.26. The zero-order chi connectivity index (χ0) is 21.1. The highest BCUT2D eigenvalue weighted by Gasteiger charge is 2.22. The maximum atomic E-state index is 13.3. The second-order valence-electron chi connectivity index (χ2n) is 6.79. The maximum absolute atomic E-state index is 13.3. The Morgan fingerprint density at radius 3 is 2.37 bits per heavy atom. The first kappa shape index (κ1) is 20.0. The third-order valence-electron chi connectivity index (χ3n) is 4.86. The summed E-state index contributed by atoms with van der Waals surface area (Å²) < 4.78 is 26.3. The fourth-order valence-corrected chi connectivity index (χ4v) is 3.45. The van der Waals surface area contributed by atoms with E-state index >= 15 is 0 Å². The van der Waals surface area contributed by atoms with E-state index in [4.69, 9.17) is 11.6 Å². The highest BCUT2D eigenvalue weighted by Crippen LogP contribution is 2.26. The number of amides is 2. The topological polar surface area (TPSA) is 61.4 Å². The van der Waals surface area contributed by atoms with Crippen LogP contribution in [-0.4, -0.2) is 47.3 Å². The van der Waals surface area contributed by atoms with Gasteiger partial charge in [-0.2, -0.15) is 0 Å². The molecule has 0 unspecified atom stereocenters. The summed E-state index contributed by atoms with van der Waals surface area (Å²) in [6.07, 6.45) is 0. The normalized spacial score (nSPS) is 14.0. The molecule has 1 aliphatic rings. The van der Waals surface area contributed by atoms with Crippen molar-refractivity contribution < 1.29 is 13.6 Å². The van der Waals surface area contributed by atoms with Gasteiger partial charge in [-0.1, -0.05) is 29.8 Å². The number of carbonyl (C=O) groups excluding carboxylic acids is 1. The molecule has 0 aliphatic carbocycles. The van der Waals surface area contributed by atoms with Crippen molar-refractivity contribution in [2.75, 3.05) is 36.4 Å². The van der Waals surface area contributed by atoms with E-state index in [0.717, 1.165) is 17.7 Å². The summed E-state index contributed by atoms with van der Waals surface area (Å²) in [6, 6.07) is 14.1. The van der Waals surface area contributed by atoms with Crippen LogP contribution in [0.2, 0.25) is 5.02 Å². The second-order valence-corrected chi connectivity index (χ2v) is 7.20. The molecular formula is C21H18ClF2N5O. The number of nitrogens with one attached hydrogen (secondary N) is 1. The van der Waals surface area contributed by atoms with E-state index in [2.05, 4.69) is 15.5 Å². The summed E-state index contributed by atoms with van der Waals surface area (Å²) in [5, 5.41) is 11.8. The molecule has 6 nitrogen and oxygen atoms in total. The molecule has 2 amide bonds. The molecular weight excluding hydrogens is 412 g/mol. The number of rotatable bonds is 3. The minimum Gasteiger partial charge on any atom is -0.352 e. The first-order valence-corrected chi connectivity index (χ1v) is 9.73. The van der Waals surface area contributed by atoms with Gasteiger partial charge in [0.1, 0.15) is 0 Å². The van der Waals surface area contributed by atoms with Crippen LogP contribution < -0.4 is 10.2 Å². The van der Waals surface area contributed by atoms with Crippen LogP contribution in [0, 0.1) is 11.6 Å². The van der Waals surface area contributed by atoms with Gasteiger partial charge in [-0.05, 0) is 30.3 Å². The number of urea groups is 1. The van der Waals surface area contributed by atoms with Crippen LogP contribution in [-0.2, 0) is 0 Å². The average molecular weight is 430 g/mol. The predicted octanol–water partition coefficient (Wildman–Crippen LogP) is 4.43. The van der Waals surface area contributed by atoms with Gasteiger partial charge in [0.05, 0.1) is 10.7 Å². The number of anilines is 2. The van der Waals surface area contributed by atoms with E-state index in [1.54, 1.807) is 11.0 Å². The Morgan fingerprint density at radius 1 is 0.933 bits per heavy atom. The second kappa shape index (κ2) is 8.62. The number of aromatic nitrogens is 2. The molecule has 0 saturated carbocycles. The largest absolute Gasteiger partial charge is 0.352 e. The van der Waals surface area contributed by atoms with Crippen molar-refractivity contribution in [2.24, 2.45) is 0 Å². The Labute approximate surface area is 177 Å². The molecule has 2 aromatic carbocycles. The molecule has 30 heavy (non-hydrogen) atoms. The quantitative estimate of drug-likeness (QED) is 0.669. The van der Waals surface area contributed by atoms with Gasteiger partial charge in [-0.15, -0.1) is 10.2 Å². The van der Waals surface area contributed by atoms with Crippen molar-refractivity contribution in [3.05, 3.63) is 71.3 Å². The summed E-state index contributed by atoms with van der Waals surface area (Å²) in [4.78, 5) is 16.0. The lowest BCUT2D eigenvalue weighted by molar-refractivity contribution is 0.208. The Bertz CT molecular complexity index is 1060. The molecule has 1 N–H and O–H groups in total. The number of halogens is 3. The zero-order valence-corrected chi connectivity index (χ0v) is 16.6. The summed E-state index contributed by atoms with van der Waals surface area (Å²) in [5.41, 5.74) is 1.72. The standard InChI is InChI=1S/C21H18ClF2N5O/c22-16-4-2-1-3-15(16)19-7-8-20(27-26-19)28-9-11-29(12-10-28)21(30)25-14-5-6-17(23)18(24)13-14/h1-8,13H,9-12H2,(H,25,30). The molecule has 1 aliphatic heterocycles. The van der Waals surface area contributed by atoms with Crippen molar-refractivity contribution >= 4 is 29.1 Å². The van der Waals surface area contributed by atoms with Gasteiger partial charge in [0.15, 0.2) is 17.5 Å². The highest BCUT2D eigenvalue weighted by molar-refractivity contribution is 6.33. The monoisotopic (exact) mass is 429 g/mol. The van der Waals surface area contributed by atoms with Crippen molar-refractivity contribution in [3.8, 4) is 11.3 Å². The van der Waals surface area contributed by atoms with E-state index in [1.807, 2.05) is 35.2 Å². The smallest absolute Gasteiger partial charge is 0.321 e. The summed E-state index contributed by atoms with van der Waals surface area (Å²) in [7, 11) is 0. The van der Waals surface area contributed by atoms with Crippen LogP contribution in [0.5, 0.6) is 0 Å². The van der Waals surface area contributed by atoms with Gasteiger partial charge in [-0.25, -0.2) is 13.6 Å². The molecule has 0 bridgehead atoms. The summed E-state index contributed by atoms with van der Waals surface area (Å²) >= 11 is 6.21. The van der Waals surface area contributed by atoms with Crippen LogP contribution in [0.3, 0.4) is 0 Å². The Morgan fingerprint density at radius 2 is 1.70 bits per heavy atom. The molecule has 9 heteroatoms. The number of carbonyl (C=O) groups is 1. The van der Waals surface area contributed by atoms with Gasteiger partial charge in [0.25, 0.3) is 0 Å². The minimum atomic E-state index is -1.00. The van der Waals surface area contributed by atoms with Gasteiger partial charge >= 0.3 is 6.03 Å². The van der Waals surface area contributed by atoms with Gasteiger partial charge in [0.2, 0.25) is 0 Å². The fourth-order valence-electron chi connectivity index (χ4n) is 3.22. The molecule has 1 saturated heterocycles. The molecule has 3 aromatic rings. The zero-order valence-electron chi connectivity index (χ0n) is 15.9. The van der Waals surface area contributed by atoms with Gasteiger partial charge in [-0.3, -0.25) is 0 Å². The molecule has 2 heterocycles. The van der Waals surface area contributed by atoms with Crippen LogP contribution in [0.15, 0.2) is 54.6 Å². The SMILES string of the molecule is O=C(Nc1ccc(F)c(F)c1)N1CCN(c2ccc(-c3ccccc3Cl)nn2)CC1. The van der Waals surface area contributed by atoms with E-state index in [1.165, 1.54) is 6.07 Å². The number of hydrogen-bond donors (Lipinski definition) is 1. The average Bonchev–Trinajstić information content (AvgIpc) is 2.77. The lowest BCUT2D eigenvalue weighted by Gasteiger charge is -2.35. The van der Waals surface area contributed by atoms with E-state index in [0.29, 0.717) is 42.7 Å². The molecule has 0 atom stereocenters. The Kier molecular flexibility index (Phi) is 5.76. The number of benzene rings is 2. The molecule has 0 spiro atoms. The van der Waals surface area contributed by atoms with Gasteiger partial charge in [0, 0.05) is 43.5 Å². The van der Waals surface area contributed by atoms with Crippen LogP contribution in [0.25, 0.3) is 11.3 Å². The maximum Gasteiger partial charge on any atom is 0.321 e. The lowest BCUT2D eigenvalue weighted by atomic mass is 10.1. The molecule has 1 aromatic heterocycles. The third-order valence-corrected chi connectivity index (χ3v) is 5.19. The molecule has 4 rings (SSSR count). The number of piperazine rings is 1. The highest BCUT2D eigenvalue weighted by atomic mass is 35.5. The van der Waals surface area contributed by atoms with Crippen LogP contribution >= 0.6 is 11.6 Å². The van der Waals surface area contributed by atoms with E-state index in [9.17, 15) is 13.6 Å². The third kappa shape index (κ3) is 4.33. The summed E-state index contributed by atoms with van der Waals surface area (Å²) in [5.74, 6) is -1.24. The molecule has 0 radical (unpaired) electrons. The predicted molar refractivity (Wildman–Crippen MR) is 112 cm³/mol. The molecule has 1 fully saturated rings. The van der Waals surface area contributed by atoms with Gasteiger partial charge < -0.3 is 15.1 Å². The van der Waals surface area contributed by atoms with Crippen LogP contribution in [0.4, 0.5) is 25.1 Å². The fraction of sp³-hybridized carbons (Fsp3) is 0.190. The Balaban J connectivity index is 1.35. The van der Waals surface area contributed by atoms with E-state index in [-0.39, 0.29) is 11.7 Å². The van der Waals surface area contributed by atoms with E-state index < -0.39 is 11.6 Å². The number of nitrogens with zero attached hydrogens (tertiary/aromatic N) is 4. The van der Waals surface area contributed by atoms with Crippen molar-refractivity contribution in [1.82, 2.24) is 15.1 Å². The van der Waals surface area contributed by atoms with Crippen molar-refractivity contribution in [3.63, 3.8) is 0 Å². The summed E-state index contributed by atoms with van der Waals surface area (Å²) in [6.45, 7) is 2.07. The number of hydrogen-bond acceptors (Lipinski definition) is 4. The lowest BCUT2D eigenvalue weighted by Crippen LogP contribution is -2.50.